The first-order valence-corrected chi connectivity index (χ1v) is 8.59. The average Bonchev–Trinajstić information content (AvgIpc) is 3.35. The van der Waals surface area contributed by atoms with Crippen LogP contribution >= 0.6 is 11.5 Å². The Kier molecular flexibility index (Phi) is 3.85. The molecular formula is C15H16N6O2S. The van der Waals surface area contributed by atoms with Crippen molar-refractivity contribution in [2.24, 2.45) is 0 Å². The Morgan fingerprint density at radius 2 is 2.29 bits per heavy atom. The zero-order valence-electron chi connectivity index (χ0n) is 12.9. The molecule has 9 heteroatoms. The molecule has 0 atom stereocenters. The molecule has 8 nitrogen and oxygen atoms in total. The molecule has 2 aromatic heterocycles. The lowest BCUT2D eigenvalue weighted by Crippen LogP contribution is -2.47. The maximum absolute atomic E-state index is 12.4. The molecule has 2 amide bonds. The Labute approximate surface area is 142 Å². The summed E-state index contributed by atoms with van der Waals surface area (Å²) in [5, 5.41) is 6.02. The number of aromatic nitrogens is 3. The van der Waals surface area contributed by atoms with E-state index in [9.17, 15) is 9.59 Å². The fraction of sp³-hybridized carbons (Fsp3) is 0.400. The van der Waals surface area contributed by atoms with Crippen LogP contribution in [0.5, 0.6) is 0 Å². The highest BCUT2D eigenvalue weighted by Crippen LogP contribution is 2.39. The molecule has 0 aromatic carbocycles. The topological polar surface area (TPSA) is 100 Å². The van der Waals surface area contributed by atoms with Crippen LogP contribution in [0.4, 0.5) is 10.8 Å². The van der Waals surface area contributed by atoms with Gasteiger partial charge in [-0.2, -0.15) is 4.37 Å². The van der Waals surface area contributed by atoms with Gasteiger partial charge in [0.1, 0.15) is 11.5 Å². The van der Waals surface area contributed by atoms with E-state index in [2.05, 4.69) is 25.0 Å². The molecule has 4 rings (SSSR count). The lowest BCUT2D eigenvalue weighted by atomic mass is 10.2. The summed E-state index contributed by atoms with van der Waals surface area (Å²) in [5.41, 5.74) is 1.10. The minimum Gasteiger partial charge on any atom is -0.360 e. The molecule has 0 spiro atoms. The highest BCUT2D eigenvalue weighted by atomic mass is 32.1. The van der Waals surface area contributed by atoms with Crippen molar-refractivity contribution in [3.63, 3.8) is 0 Å². The summed E-state index contributed by atoms with van der Waals surface area (Å²) in [4.78, 5) is 34.3. The van der Waals surface area contributed by atoms with E-state index < -0.39 is 0 Å². The molecule has 2 fully saturated rings. The first kappa shape index (κ1) is 15.0. The summed E-state index contributed by atoms with van der Waals surface area (Å²) in [6.07, 6.45) is 3.82. The van der Waals surface area contributed by atoms with Gasteiger partial charge < -0.3 is 10.2 Å². The maximum Gasteiger partial charge on any atom is 0.276 e. The summed E-state index contributed by atoms with van der Waals surface area (Å²) < 4.78 is 4.27. The zero-order valence-corrected chi connectivity index (χ0v) is 13.7. The van der Waals surface area contributed by atoms with Crippen LogP contribution < -0.4 is 15.5 Å². The third-order valence-electron chi connectivity index (χ3n) is 3.98. The molecule has 2 N–H and O–H groups in total. The van der Waals surface area contributed by atoms with Crippen LogP contribution in [-0.4, -0.2) is 45.8 Å². The van der Waals surface area contributed by atoms with Gasteiger partial charge in [-0.3, -0.25) is 19.9 Å². The highest BCUT2D eigenvalue weighted by molar-refractivity contribution is 7.09. The second kappa shape index (κ2) is 6.16. The molecule has 1 aliphatic carbocycles. The number of hydrogen-bond acceptors (Lipinski definition) is 7. The van der Waals surface area contributed by atoms with E-state index in [1.807, 2.05) is 4.90 Å². The number of hydrogen-bond donors (Lipinski definition) is 2. The molecule has 24 heavy (non-hydrogen) atoms. The van der Waals surface area contributed by atoms with Gasteiger partial charge in [-0.15, -0.1) is 0 Å². The van der Waals surface area contributed by atoms with Crippen molar-refractivity contribution in [3.8, 4) is 0 Å². The van der Waals surface area contributed by atoms with E-state index in [1.54, 1.807) is 18.3 Å². The standard InChI is InChI=1S/C15H16N6O2S/c22-12-8-21(6-5-17-12)10-3-4-16-11(7-10)14(23)19-15-18-13(20-24-15)9-1-2-9/h3-4,7,9H,1-2,5-6,8H2,(H,17,22)(H,18,19,20,23). The van der Waals surface area contributed by atoms with E-state index in [0.29, 0.717) is 29.8 Å². The van der Waals surface area contributed by atoms with Gasteiger partial charge in [0.2, 0.25) is 11.0 Å². The minimum atomic E-state index is -0.322. The summed E-state index contributed by atoms with van der Waals surface area (Å²) in [6, 6.07) is 3.49. The Morgan fingerprint density at radius 1 is 1.42 bits per heavy atom. The SMILES string of the molecule is O=C1CN(c2ccnc(C(=O)Nc3nc(C4CC4)ns3)c2)CCN1. The van der Waals surface area contributed by atoms with E-state index in [4.69, 9.17) is 0 Å². The molecule has 0 unspecified atom stereocenters. The van der Waals surface area contributed by atoms with Gasteiger partial charge in [0.25, 0.3) is 5.91 Å². The van der Waals surface area contributed by atoms with E-state index in [-0.39, 0.29) is 18.4 Å². The predicted octanol–water partition coefficient (Wildman–Crippen LogP) is 0.999. The van der Waals surface area contributed by atoms with Crippen LogP contribution in [0.15, 0.2) is 18.3 Å². The number of nitrogens with zero attached hydrogens (tertiary/aromatic N) is 4. The lowest BCUT2D eigenvalue weighted by molar-refractivity contribution is -0.120. The van der Waals surface area contributed by atoms with Gasteiger partial charge in [0.15, 0.2) is 0 Å². The zero-order chi connectivity index (χ0) is 16.5. The summed E-state index contributed by atoms with van der Waals surface area (Å²) in [5.74, 6) is 0.928. The molecule has 0 radical (unpaired) electrons. The predicted molar refractivity (Wildman–Crippen MR) is 89.3 cm³/mol. The Bertz CT molecular complexity index is 788. The molecule has 1 aliphatic heterocycles. The Morgan fingerprint density at radius 3 is 3.08 bits per heavy atom. The van der Waals surface area contributed by atoms with Gasteiger partial charge in [-0.05, 0) is 25.0 Å². The van der Waals surface area contributed by atoms with Crippen molar-refractivity contribution in [2.75, 3.05) is 29.9 Å². The quantitative estimate of drug-likeness (QED) is 0.858. The van der Waals surface area contributed by atoms with Crippen LogP contribution in [-0.2, 0) is 4.79 Å². The van der Waals surface area contributed by atoms with Crippen LogP contribution in [0.1, 0.15) is 35.1 Å². The first-order valence-electron chi connectivity index (χ1n) is 7.82. The van der Waals surface area contributed by atoms with Crippen LogP contribution in [0.25, 0.3) is 0 Å². The van der Waals surface area contributed by atoms with Gasteiger partial charge in [0.05, 0.1) is 6.54 Å². The number of anilines is 2. The Hall–Kier alpha value is -2.55. The molecule has 0 bridgehead atoms. The maximum atomic E-state index is 12.4. The average molecular weight is 344 g/mol. The number of carbonyl (C=O) groups excluding carboxylic acids is 2. The van der Waals surface area contributed by atoms with E-state index in [1.165, 1.54) is 11.5 Å². The monoisotopic (exact) mass is 344 g/mol. The second-order valence-electron chi connectivity index (χ2n) is 5.86. The number of amides is 2. The van der Waals surface area contributed by atoms with Gasteiger partial charge in [-0.25, -0.2) is 4.98 Å². The van der Waals surface area contributed by atoms with Crippen molar-refractivity contribution in [2.45, 2.75) is 18.8 Å². The number of nitrogens with one attached hydrogen (secondary N) is 2. The van der Waals surface area contributed by atoms with Crippen molar-refractivity contribution < 1.29 is 9.59 Å². The molecule has 2 aromatic rings. The van der Waals surface area contributed by atoms with Crippen LogP contribution in [0.3, 0.4) is 0 Å². The second-order valence-corrected chi connectivity index (χ2v) is 6.61. The molecular weight excluding hydrogens is 328 g/mol. The fourth-order valence-electron chi connectivity index (χ4n) is 2.55. The van der Waals surface area contributed by atoms with Gasteiger partial charge in [-0.1, -0.05) is 0 Å². The normalized spacial score (nSPS) is 17.5. The summed E-state index contributed by atoms with van der Waals surface area (Å²) in [7, 11) is 0. The lowest BCUT2D eigenvalue weighted by Gasteiger charge is -2.28. The third kappa shape index (κ3) is 3.21. The highest BCUT2D eigenvalue weighted by Gasteiger charge is 2.28. The van der Waals surface area contributed by atoms with Crippen molar-refractivity contribution in [3.05, 3.63) is 29.8 Å². The van der Waals surface area contributed by atoms with Gasteiger partial charge >= 0.3 is 0 Å². The number of piperazine rings is 1. The van der Waals surface area contributed by atoms with E-state index in [0.717, 1.165) is 24.4 Å². The fourth-order valence-corrected chi connectivity index (χ4v) is 3.20. The van der Waals surface area contributed by atoms with Crippen molar-refractivity contribution in [1.29, 1.82) is 0 Å². The molecule has 2 aliphatic rings. The number of carbonyl (C=O) groups is 2. The third-order valence-corrected chi connectivity index (χ3v) is 4.63. The van der Waals surface area contributed by atoms with Crippen molar-refractivity contribution in [1.82, 2.24) is 19.7 Å². The first-order chi connectivity index (χ1) is 11.7. The summed E-state index contributed by atoms with van der Waals surface area (Å²) >= 11 is 1.19. The molecule has 1 saturated carbocycles. The molecule has 1 saturated heterocycles. The Balaban J connectivity index is 1.47. The van der Waals surface area contributed by atoms with E-state index >= 15 is 0 Å². The van der Waals surface area contributed by atoms with Crippen LogP contribution in [0.2, 0.25) is 0 Å². The number of pyridine rings is 1. The van der Waals surface area contributed by atoms with Crippen molar-refractivity contribution >= 4 is 34.2 Å². The summed E-state index contributed by atoms with van der Waals surface area (Å²) in [6.45, 7) is 1.58. The molecule has 124 valence electrons. The molecule has 3 heterocycles. The smallest absolute Gasteiger partial charge is 0.276 e. The number of rotatable bonds is 4. The largest absolute Gasteiger partial charge is 0.360 e. The van der Waals surface area contributed by atoms with Gasteiger partial charge in [0, 0.05) is 42.4 Å². The van der Waals surface area contributed by atoms with Crippen LogP contribution in [0, 0.1) is 0 Å². The minimum absolute atomic E-state index is 0.0227.